The summed E-state index contributed by atoms with van der Waals surface area (Å²) < 4.78 is 32.2. The van der Waals surface area contributed by atoms with Crippen LogP contribution in [0.25, 0.3) is 0 Å². The highest BCUT2D eigenvalue weighted by Crippen LogP contribution is 2.17. The van der Waals surface area contributed by atoms with E-state index in [0.29, 0.717) is 0 Å². The molecule has 0 bridgehead atoms. The maximum atomic E-state index is 12.3. The summed E-state index contributed by atoms with van der Waals surface area (Å²) in [6.07, 6.45) is 2.68. The Bertz CT molecular complexity index is 548. The Kier molecular flexibility index (Phi) is 4.46. The molecule has 0 saturated carbocycles. The third-order valence-electron chi connectivity index (χ3n) is 2.13. The number of hydrogen-bond donors (Lipinski definition) is 1. The van der Waals surface area contributed by atoms with E-state index in [4.69, 9.17) is 4.74 Å². The van der Waals surface area contributed by atoms with E-state index in [2.05, 4.69) is 9.71 Å². The molecule has 0 aromatic heterocycles. The van der Waals surface area contributed by atoms with Crippen molar-refractivity contribution in [3.05, 3.63) is 12.3 Å². The van der Waals surface area contributed by atoms with Crippen molar-refractivity contribution in [3.8, 4) is 0 Å². The standard InChI is InChI=1S/C13H22N2O4S/c1-12(2,3)15-20(17,18)9-7-8-14-10(9)11(16)19-13(4,5)6/h7-9,15H,1-6H3. The van der Waals surface area contributed by atoms with E-state index in [1.54, 1.807) is 41.5 Å². The monoisotopic (exact) mass is 302 g/mol. The van der Waals surface area contributed by atoms with Crippen molar-refractivity contribution in [2.45, 2.75) is 57.9 Å². The molecule has 1 aliphatic heterocycles. The smallest absolute Gasteiger partial charge is 0.354 e. The summed E-state index contributed by atoms with van der Waals surface area (Å²) in [6, 6.07) is 0. The number of rotatable bonds is 3. The first kappa shape index (κ1) is 16.8. The Morgan fingerprint density at radius 2 is 1.80 bits per heavy atom. The van der Waals surface area contributed by atoms with Gasteiger partial charge in [0.05, 0.1) is 0 Å². The molecule has 6 nitrogen and oxygen atoms in total. The van der Waals surface area contributed by atoms with Crippen LogP contribution >= 0.6 is 0 Å². The topological polar surface area (TPSA) is 84.8 Å². The average molecular weight is 302 g/mol. The Balaban J connectivity index is 2.95. The van der Waals surface area contributed by atoms with Gasteiger partial charge in [0.15, 0.2) is 0 Å². The number of nitrogens with one attached hydrogen (secondary N) is 1. The fourth-order valence-corrected chi connectivity index (χ4v) is 3.31. The first-order valence-electron chi connectivity index (χ1n) is 6.32. The lowest BCUT2D eigenvalue weighted by Crippen LogP contribution is -2.48. The highest BCUT2D eigenvalue weighted by Gasteiger charge is 2.38. The molecule has 0 aliphatic carbocycles. The predicted octanol–water partition coefficient (Wildman–Crippen LogP) is 1.38. The first-order chi connectivity index (χ1) is 8.82. The zero-order valence-electron chi connectivity index (χ0n) is 12.7. The van der Waals surface area contributed by atoms with Gasteiger partial charge in [0.1, 0.15) is 16.6 Å². The largest absolute Gasteiger partial charge is 0.455 e. The van der Waals surface area contributed by atoms with Crippen LogP contribution in [0.1, 0.15) is 41.5 Å². The van der Waals surface area contributed by atoms with Crippen LogP contribution in [-0.4, -0.2) is 36.5 Å². The molecule has 0 aromatic rings. The number of ether oxygens (including phenoxy) is 1. The fraction of sp³-hybridized carbons (Fsp3) is 0.692. The quantitative estimate of drug-likeness (QED) is 0.798. The number of sulfonamides is 1. The summed E-state index contributed by atoms with van der Waals surface area (Å²) in [5.74, 6) is -0.716. The molecule has 0 radical (unpaired) electrons. The number of aliphatic imine (C=N–C) groups is 1. The molecule has 1 aliphatic rings. The second-order valence-corrected chi connectivity index (χ2v) is 8.48. The average Bonchev–Trinajstić information content (AvgIpc) is 2.58. The Morgan fingerprint density at radius 1 is 1.25 bits per heavy atom. The maximum absolute atomic E-state index is 12.3. The zero-order valence-corrected chi connectivity index (χ0v) is 13.5. The second kappa shape index (κ2) is 5.29. The molecule has 20 heavy (non-hydrogen) atoms. The Hall–Kier alpha value is -1.21. The van der Waals surface area contributed by atoms with Crippen LogP contribution in [0.5, 0.6) is 0 Å². The summed E-state index contributed by atoms with van der Waals surface area (Å²) in [6.45, 7) is 10.3. The van der Waals surface area contributed by atoms with Gasteiger partial charge in [0.2, 0.25) is 10.0 Å². The van der Waals surface area contributed by atoms with Crippen LogP contribution in [0.3, 0.4) is 0 Å². The maximum Gasteiger partial charge on any atom is 0.354 e. The lowest BCUT2D eigenvalue weighted by atomic mass is 10.1. The molecule has 7 heteroatoms. The lowest BCUT2D eigenvalue weighted by molar-refractivity contribution is -0.146. The van der Waals surface area contributed by atoms with Crippen molar-refractivity contribution < 1.29 is 17.9 Å². The van der Waals surface area contributed by atoms with Gasteiger partial charge in [0.25, 0.3) is 0 Å². The molecule has 1 rings (SSSR count). The summed E-state index contributed by atoms with van der Waals surface area (Å²) in [7, 11) is -3.74. The molecule has 1 atom stereocenters. The van der Waals surface area contributed by atoms with Crippen LogP contribution in [0.15, 0.2) is 17.3 Å². The van der Waals surface area contributed by atoms with E-state index in [9.17, 15) is 13.2 Å². The molecular formula is C13H22N2O4S. The van der Waals surface area contributed by atoms with Crippen LogP contribution < -0.4 is 4.72 Å². The van der Waals surface area contributed by atoms with E-state index in [0.717, 1.165) is 0 Å². The minimum atomic E-state index is -3.74. The zero-order chi connectivity index (χ0) is 15.8. The summed E-state index contributed by atoms with van der Waals surface area (Å²) in [4.78, 5) is 15.8. The summed E-state index contributed by atoms with van der Waals surface area (Å²) in [5.41, 5.74) is -1.45. The van der Waals surface area contributed by atoms with Crippen LogP contribution in [0.4, 0.5) is 0 Å². The van der Waals surface area contributed by atoms with Crippen molar-refractivity contribution in [3.63, 3.8) is 0 Å². The van der Waals surface area contributed by atoms with E-state index in [-0.39, 0.29) is 5.71 Å². The van der Waals surface area contributed by atoms with Crippen LogP contribution in [0, 0.1) is 0 Å². The van der Waals surface area contributed by atoms with Gasteiger partial charge in [-0.05, 0) is 47.6 Å². The predicted molar refractivity (Wildman–Crippen MR) is 78.0 cm³/mol. The molecular weight excluding hydrogens is 280 g/mol. The number of esters is 1. The molecule has 0 aromatic carbocycles. The molecule has 0 saturated heterocycles. The molecule has 0 amide bonds. The minimum Gasteiger partial charge on any atom is -0.455 e. The lowest BCUT2D eigenvalue weighted by Gasteiger charge is -2.24. The van der Waals surface area contributed by atoms with Crippen molar-refractivity contribution in [1.82, 2.24) is 4.72 Å². The van der Waals surface area contributed by atoms with Crippen LogP contribution in [-0.2, 0) is 19.6 Å². The van der Waals surface area contributed by atoms with E-state index in [1.807, 2.05) is 0 Å². The van der Waals surface area contributed by atoms with Crippen molar-refractivity contribution in [1.29, 1.82) is 0 Å². The molecule has 0 fully saturated rings. The third-order valence-corrected chi connectivity index (χ3v) is 4.08. The third kappa shape index (κ3) is 4.72. The van der Waals surface area contributed by atoms with Gasteiger partial charge in [0, 0.05) is 11.7 Å². The number of hydrogen-bond acceptors (Lipinski definition) is 5. The van der Waals surface area contributed by atoms with Gasteiger partial charge in [-0.3, -0.25) is 4.99 Å². The minimum absolute atomic E-state index is 0.114. The van der Waals surface area contributed by atoms with E-state index >= 15 is 0 Å². The van der Waals surface area contributed by atoms with Gasteiger partial charge in [-0.25, -0.2) is 17.9 Å². The SMILES string of the molecule is CC(C)(C)NS(=O)(=O)C1C=CN=C1C(=O)OC(C)(C)C. The van der Waals surface area contributed by atoms with Gasteiger partial charge >= 0.3 is 5.97 Å². The number of carbonyl (C=O) groups is 1. The fourth-order valence-electron chi connectivity index (χ4n) is 1.61. The molecule has 1 unspecified atom stereocenters. The normalized spacial score (nSPS) is 19.9. The van der Waals surface area contributed by atoms with Crippen molar-refractivity contribution >= 4 is 21.7 Å². The van der Waals surface area contributed by atoms with E-state index in [1.165, 1.54) is 12.3 Å². The van der Waals surface area contributed by atoms with Crippen molar-refractivity contribution in [2.24, 2.45) is 4.99 Å². The summed E-state index contributed by atoms with van der Waals surface area (Å²) in [5, 5.41) is -1.11. The summed E-state index contributed by atoms with van der Waals surface area (Å²) >= 11 is 0. The highest BCUT2D eigenvalue weighted by atomic mass is 32.2. The second-order valence-electron chi connectivity index (χ2n) is 6.68. The number of nitrogens with zero attached hydrogens (tertiary/aromatic N) is 1. The van der Waals surface area contributed by atoms with Gasteiger partial charge in [-0.1, -0.05) is 0 Å². The molecule has 114 valence electrons. The van der Waals surface area contributed by atoms with Gasteiger partial charge in [-0.2, -0.15) is 0 Å². The molecule has 1 N–H and O–H groups in total. The van der Waals surface area contributed by atoms with Gasteiger partial charge < -0.3 is 4.74 Å². The molecule has 0 spiro atoms. The van der Waals surface area contributed by atoms with Crippen molar-refractivity contribution in [2.75, 3.05) is 0 Å². The Morgan fingerprint density at radius 3 is 2.25 bits per heavy atom. The first-order valence-corrected chi connectivity index (χ1v) is 7.87. The Labute approximate surface area is 120 Å². The van der Waals surface area contributed by atoms with E-state index < -0.39 is 32.4 Å². The molecule has 1 heterocycles. The van der Waals surface area contributed by atoms with Gasteiger partial charge in [-0.15, -0.1) is 0 Å². The highest BCUT2D eigenvalue weighted by molar-refractivity contribution is 7.91. The van der Waals surface area contributed by atoms with Crippen LogP contribution in [0.2, 0.25) is 0 Å². The number of carbonyl (C=O) groups excluding carboxylic acids is 1.